The Kier molecular flexibility index (Phi) is 3.46. The highest BCUT2D eigenvalue weighted by Crippen LogP contribution is 2.35. The minimum absolute atomic E-state index is 0.0375. The molecule has 1 unspecified atom stereocenters. The van der Waals surface area contributed by atoms with Crippen LogP contribution in [-0.4, -0.2) is 0 Å². The van der Waals surface area contributed by atoms with E-state index in [1.165, 1.54) is 47.3 Å². The standard InChI is InChI=1S/C17H21NS/c1-11-6-5-8-14(12(11)2)17(18)16-10-13-7-3-4-9-15(13)19-16/h5-6,8,10,17H,3-4,7,9,18H2,1-2H3. The topological polar surface area (TPSA) is 26.0 Å². The Morgan fingerprint density at radius 3 is 2.74 bits per heavy atom. The molecule has 1 aliphatic rings. The van der Waals surface area contributed by atoms with Gasteiger partial charge in [0.15, 0.2) is 0 Å². The molecule has 2 aromatic rings. The van der Waals surface area contributed by atoms with Crippen molar-refractivity contribution in [2.45, 2.75) is 45.6 Å². The molecule has 3 rings (SSSR count). The Morgan fingerprint density at radius 1 is 1.16 bits per heavy atom. The number of hydrogen-bond donors (Lipinski definition) is 1. The van der Waals surface area contributed by atoms with Gasteiger partial charge in [-0.15, -0.1) is 11.3 Å². The van der Waals surface area contributed by atoms with Crippen LogP contribution in [0.1, 0.15) is 50.9 Å². The SMILES string of the molecule is Cc1cccc(C(N)c2cc3c(s2)CCCC3)c1C. The van der Waals surface area contributed by atoms with Crippen molar-refractivity contribution in [3.63, 3.8) is 0 Å². The van der Waals surface area contributed by atoms with Crippen LogP contribution in [0.15, 0.2) is 24.3 Å². The lowest BCUT2D eigenvalue weighted by atomic mass is 9.95. The maximum absolute atomic E-state index is 6.51. The highest BCUT2D eigenvalue weighted by atomic mass is 32.1. The molecule has 1 aromatic heterocycles. The Hall–Kier alpha value is -1.12. The van der Waals surface area contributed by atoms with Crippen LogP contribution >= 0.6 is 11.3 Å². The average molecular weight is 271 g/mol. The molecule has 0 saturated heterocycles. The summed E-state index contributed by atoms with van der Waals surface area (Å²) < 4.78 is 0. The number of benzene rings is 1. The first-order valence-electron chi connectivity index (χ1n) is 7.10. The molecule has 1 atom stereocenters. The predicted molar refractivity (Wildman–Crippen MR) is 82.9 cm³/mol. The van der Waals surface area contributed by atoms with Gasteiger partial charge in [0, 0.05) is 9.75 Å². The third kappa shape index (κ3) is 2.35. The van der Waals surface area contributed by atoms with Gasteiger partial charge < -0.3 is 5.73 Å². The summed E-state index contributed by atoms with van der Waals surface area (Å²) in [5.41, 5.74) is 12.0. The van der Waals surface area contributed by atoms with Crippen LogP contribution in [0.3, 0.4) is 0 Å². The van der Waals surface area contributed by atoms with Crippen molar-refractivity contribution >= 4 is 11.3 Å². The number of hydrogen-bond acceptors (Lipinski definition) is 2. The van der Waals surface area contributed by atoms with Crippen LogP contribution in [0.4, 0.5) is 0 Å². The van der Waals surface area contributed by atoms with Crippen molar-refractivity contribution in [1.29, 1.82) is 0 Å². The summed E-state index contributed by atoms with van der Waals surface area (Å²) in [5.74, 6) is 0. The van der Waals surface area contributed by atoms with Crippen LogP contribution in [0.2, 0.25) is 0 Å². The second-order valence-electron chi connectivity index (χ2n) is 5.57. The van der Waals surface area contributed by atoms with E-state index in [1.54, 1.807) is 10.4 Å². The van der Waals surface area contributed by atoms with E-state index >= 15 is 0 Å². The van der Waals surface area contributed by atoms with Crippen LogP contribution in [0.25, 0.3) is 0 Å². The Labute approximate surface area is 119 Å². The second-order valence-corrected chi connectivity index (χ2v) is 6.74. The molecule has 1 nitrogen and oxygen atoms in total. The van der Waals surface area contributed by atoms with Crippen molar-refractivity contribution in [2.75, 3.05) is 0 Å². The normalized spacial score (nSPS) is 16.2. The molecule has 0 saturated carbocycles. The van der Waals surface area contributed by atoms with Gasteiger partial charge >= 0.3 is 0 Å². The molecular weight excluding hydrogens is 250 g/mol. The quantitative estimate of drug-likeness (QED) is 0.866. The van der Waals surface area contributed by atoms with Crippen molar-refractivity contribution in [2.24, 2.45) is 5.73 Å². The van der Waals surface area contributed by atoms with Gasteiger partial charge in [0.25, 0.3) is 0 Å². The molecular formula is C17H21NS. The minimum Gasteiger partial charge on any atom is -0.320 e. The number of rotatable bonds is 2. The number of fused-ring (bicyclic) bond motifs is 1. The predicted octanol–water partition coefficient (Wildman–Crippen LogP) is 4.29. The third-order valence-corrected chi connectivity index (χ3v) is 5.62. The molecule has 0 bridgehead atoms. The van der Waals surface area contributed by atoms with Gasteiger partial charge in [-0.3, -0.25) is 0 Å². The third-order valence-electron chi connectivity index (χ3n) is 4.30. The van der Waals surface area contributed by atoms with Crippen molar-refractivity contribution in [3.8, 4) is 0 Å². The molecule has 0 spiro atoms. The lowest BCUT2D eigenvalue weighted by Gasteiger charge is -2.14. The average Bonchev–Trinajstić information content (AvgIpc) is 2.85. The lowest BCUT2D eigenvalue weighted by molar-refractivity contribution is 0.696. The van der Waals surface area contributed by atoms with E-state index in [0.29, 0.717) is 0 Å². The molecule has 1 aromatic carbocycles. The maximum Gasteiger partial charge on any atom is 0.0648 e. The number of aryl methyl sites for hydroxylation is 3. The van der Waals surface area contributed by atoms with E-state index in [2.05, 4.69) is 38.1 Å². The highest BCUT2D eigenvalue weighted by molar-refractivity contribution is 7.12. The monoisotopic (exact) mass is 271 g/mol. The van der Waals surface area contributed by atoms with Gasteiger partial charge in [0.1, 0.15) is 0 Å². The molecule has 0 amide bonds. The fourth-order valence-electron chi connectivity index (χ4n) is 2.93. The molecule has 0 fully saturated rings. The Morgan fingerprint density at radius 2 is 1.95 bits per heavy atom. The highest BCUT2D eigenvalue weighted by Gasteiger charge is 2.19. The summed E-state index contributed by atoms with van der Waals surface area (Å²) in [6, 6.07) is 8.84. The van der Waals surface area contributed by atoms with E-state index in [0.717, 1.165) is 0 Å². The van der Waals surface area contributed by atoms with Crippen molar-refractivity contribution < 1.29 is 0 Å². The second kappa shape index (κ2) is 5.10. The van der Waals surface area contributed by atoms with Crippen LogP contribution in [0.5, 0.6) is 0 Å². The van der Waals surface area contributed by atoms with Crippen molar-refractivity contribution in [1.82, 2.24) is 0 Å². The Bertz CT molecular complexity index is 574. The zero-order chi connectivity index (χ0) is 13.4. The fourth-order valence-corrected chi connectivity index (χ4v) is 4.21. The smallest absolute Gasteiger partial charge is 0.0648 e. The fraction of sp³-hybridized carbons (Fsp3) is 0.412. The summed E-state index contributed by atoms with van der Waals surface area (Å²) in [6.45, 7) is 4.34. The summed E-state index contributed by atoms with van der Waals surface area (Å²) in [4.78, 5) is 2.91. The molecule has 19 heavy (non-hydrogen) atoms. The number of nitrogens with two attached hydrogens (primary N) is 1. The molecule has 100 valence electrons. The molecule has 1 heterocycles. The van der Waals surface area contributed by atoms with Gasteiger partial charge in [-0.2, -0.15) is 0 Å². The molecule has 1 aliphatic carbocycles. The van der Waals surface area contributed by atoms with Gasteiger partial charge in [-0.05, 0) is 67.9 Å². The molecule has 0 aliphatic heterocycles. The zero-order valence-corrected chi connectivity index (χ0v) is 12.5. The molecule has 2 N–H and O–H groups in total. The lowest BCUT2D eigenvalue weighted by Crippen LogP contribution is -2.12. The van der Waals surface area contributed by atoms with E-state index in [-0.39, 0.29) is 6.04 Å². The van der Waals surface area contributed by atoms with Gasteiger partial charge in [-0.1, -0.05) is 18.2 Å². The number of thiophene rings is 1. The first-order valence-corrected chi connectivity index (χ1v) is 7.91. The first-order chi connectivity index (χ1) is 9.16. The molecule has 2 heteroatoms. The largest absolute Gasteiger partial charge is 0.320 e. The van der Waals surface area contributed by atoms with E-state index in [9.17, 15) is 0 Å². The first kappa shape index (κ1) is 12.9. The Balaban J connectivity index is 1.97. The maximum atomic E-state index is 6.51. The van der Waals surface area contributed by atoms with Gasteiger partial charge in [0.2, 0.25) is 0 Å². The van der Waals surface area contributed by atoms with E-state index in [1.807, 2.05) is 11.3 Å². The van der Waals surface area contributed by atoms with Gasteiger partial charge in [0.05, 0.1) is 6.04 Å². The summed E-state index contributed by atoms with van der Waals surface area (Å²) in [5, 5.41) is 0. The van der Waals surface area contributed by atoms with Crippen molar-refractivity contribution in [3.05, 3.63) is 56.3 Å². The summed E-state index contributed by atoms with van der Waals surface area (Å²) in [7, 11) is 0. The summed E-state index contributed by atoms with van der Waals surface area (Å²) in [6.07, 6.45) is 5.17. The van der Waals surface area contributed by atoms with Gasteiger partial charge in [-0.25, -0.2) is 0 Å². The van der Waals surface area contributed by atoms with Crippen LogP contribution in [-0.2, 0) is 12.8 Å². The minimum atomic E-state index is 0.0375. The van der Waals surface area contributed by atoms with Crippen LogP contribution < -0.4 is 5.73 Å². The zero-order valence-electron chi connectivity index (χ0n) is 11.7. The van der Waals surface area contributed by atoms with E-state index < -0.39 is 0 Å². The van der Waals surface area contributed by atoms with E-state index in [4.69, 9.17) is 5.73 Å². The van der Waals surface area contributed by atoms with Crippen LogP contribution in [0, 0.1) is 13.8 Å². The molecule has 0 radical (unpaired) electrons. The summed E-state index contributed by atoms with van der Waals surface area (Å²) >= 11 is 1.93.